The SMILES string of the molecule is CCC/C=C(\c1ccc(C(C)(C)C)cc1)c1ccc(OC)c(=O)[nH]1. The zero-order valence-electron chi connectivity index (χ0n) is 15.3. The van der Waals surface area contributed by atoms with Crippen molar-refractivity contribution in [3.8, 4) is 5.75 Å². The Balaban J connectivity index is 2.46. The van der Waals surface area contributed by atoms with Crippen molar-refractivity contribution in [1.29, 1.82) is 0 Å². The summed E-state index contributed by atoms with van der Waals surface area (Å²) in [5, 5.41) is 0. The Morgan fingerprint density at radius 3 is 2.29 bits per heavy atom. The van der Waals surface area contributed by atoms with Gasteiger partial charge in [-0.25, -0.2) is 0 Å². The van der Waals surface area contributed by atoms with Crippen LogP contribution in [0.5, 0.6) is 5.75 Å². The Bertz CT molecular complexity index is 762. The van der Waals surface area contributed by atoms with Crippen LogP contribution in [0.25, 0.3) is 5.57 Å². The molecular weight excluding hydrogens is 298 g/mol. The van der Waals surface area contributed by atoms with Crippen molar-refractivity contribution in [2.75, 3.05) is 7.11 Å². The van der Waals surface area contributed by atoms with Gasteiger partial charge in [0.2, 0.25) is 0 Å². The number of rotatable bonds is 5. The highest BCUT2D eigenvalue weighted by Gasteiger charge is 2.14. The van der Waals surface area contributed by atoms with Crippen LogP contribution in [0.15, 0.2) is 47.3 Å². The third-order valence-corrected chi connectivity index (χ3v) is 4.08. The highest BCUT2D eigenvalue weighted by atomic mass is 16.5. The first-order valence-corrected chi connectivity index (χ1v) is 8.45. The topological polar surface area (TPSA) is 42.1 Å². The molecule has 0 bridgehead atoms. The van der Waals surface area contributed by atoms with Crippen molar-refractivity contribution in [3.63, 3.8) is 0 Å². The molecule has 1 heterocycles. The van der Waals surface area contributed by atoms with Gasteiger partial charge in [-0.15, -0.1) is 0 Å². The molecule has 1 aromatic heterocycles. The van der Waals surface area contributed by atoms with E-state index in [1.54, 1.807) is 6.07 Å². The lowest BCUT2D eigenvalue weighted by molar-refractivity contribution is 0.408. The lowest BCUT2D eigenvalue weighted by atomic mass is 9.86. The predicted octanol–water partition coefficient (Wildman–Crippen LogP) is 4.91. The third kappa shape index (κ3) is 4.16. The summed E-state index contributed by atoms with van der Waals surface area (Å²) in [6, 6.07) is 12.2. The van der Waals surface area contributed by atoms with Crippen LogP contribution in [0, 0.1) is 0 Å². The number of pyridine rings is 1. The number of aromatic nitrogens is 1. The molecule has 0 aliphatic carbocycles. The first-order chi connectivity index (χ1) is 11.4. The minimum Gasteiger partial charge on any atom is -0.491 e. The summed E-state index contributed by atoms with van der Waals surface area (Å²) in [6.07, 6.45) is 4.21. The second-order valence-electron chi connectivity index (χ2n) is 7.00. The fraction of sp³-hybridized carbons (Fsp3) is 0.381. The second-order valence-corrected chi connectivity index (χ2v) is 7.00. The molecule has 0 saturated carbocycles. The Labute approximate surface area is 144 Å². The van der Waals surface area contributed by atoms with Crippen molar-refractivity contribution in [3.05, 3.63) is 69.6 Å². The van der Waals surface area contributed by atoms with Crippen molar-refractivity contribution < 1.29 is 4.74 Å². The van der Waals surface area contributed by atoms with Gasteiger partial charge >= 0.3 is 0 Å². The molecule has 0 aliphatic heterocycles. The highest BCUT2D eigenvalue weighted by Crippen LogP contribution is 2.27. The smallest absolute Gasteiger partial charge is 0.290 e. The van der Waals surface area contributed by atoms with Crippen LogP contribution >= 0.6 is 0 Å². The van der Waals surface area contributed by atoms with Crippen LogP contribution in [-0.2, 0) is 5.41 Å². The van der Waals surface area contributed by atoms with Gasteiger partial charge in [0, 0.05) is 11.3 Å². The number of nitrogens with one attached hydrogen (secondary N) is 1. The Kier molecular flexibility index (Phi) is 5.66. The molecule has 1 N–H and O–H groups in total. The molecular formula is C21H27NO2. The zero-order valence-corrected chi connectivity index (χ0v) is 15.3. The molecule has 0 spiro atoms. The minimum absolute atomic E-state index is 0.125. The monoisotopic (exact) mass is 325 g/mol. The molecule has 3 heteroatoms. The second kappa shape index (κ2) is 7.52. The molecule has 0 amide bonds. The van der Waals surface area contributed by atoms with Crippen molar-refractivity contribution in [2.24, 2.45) is 0 Å². The molecule has 2 aromatic rings. The molecule has 24 heavy (non-hydrogen) atoms. The van der Waals surface area contributed by atoms with Crippen LogP contribution in [-0.4, -0.2) is 12.1 Å². The van der Waals surface area contributed by atoms with E-state index in [1.807, 2.05) is 6.07 Å². The number of aromatic amines is 1. The summed E-state index contributed by atoms with van der Waals surface area (Å²) >= 11 is 0. The lowest BCUT2D eigenvalue weighted by Crippen LogP contribution is -2.12. The number of ether oxygens (including phenoxy) is 1. The Hall–Kier alpha value is -2.29. The number of hydrogen-bond donors (Lipinski definition) is 1. The number of methoxy groups -OCH3 is 1. The number of H-pyrrole nitrogens is 1. The average molecular weight is 325 g/mol. The summed E-state index contributed by atoms with van der Waals surface area (Å²) in [6.45, 7) is 8.76. The number of unbranched alkanes of at least 4 members (excludes halogenated alkanes) is 1. The fourth-order valence-electron chi connectivity index (χ4n) is 2.60. The Morgan fingerprint density at radius 2 is 1.79 bits per heavy atom. The van der Waals surface area contributed by atoms with Gasteiger partial charge in [0.15, 0.2) is 5.75 Å². The van der Waals surface area contributed by atoms with Crippen LogP contribution in [0.3, 0.4) is 0 Å². The summed E-state index contributed by atoms with van der Waals surface area (Å²) in [7, 11) is 1.50. The maximum atomic E-state index is 12.1. The summed E-state index contributed by atoms with van der Waals surface area (Å²) < 4.78 is 5.06. The molecule has 1 aromatic carbocycles. The quantitative estimate of drug-likeness (QED) is 0.848. The maximum absolute atomic E-state index is 12.1. The predicted molar refractivity (Wildman–Crippen MR) is 101 cm³/mol. The molecule has 0 unspecified atom stereocenters. The number of hydrogen-bond acceptors (Lipinski definition) is 2. The van der Waals surface area contributed by atoms with Gasteiger partial charge in [-0.3, -0.25) is 4.79 Å². The largest absolute Gasteiger partial charge is 0.491 e. The van der Waals surface area contributed by atoms with Gasteiger partial charge in [-0.2, -0.15) is 0 Å². The molecule has 0 fully saturated rings. The first-order valence-electron chi connectivity index (χ1n) is 8.45. The first kappa shape index (κ1) is 18.1. The van der Waals surface area contributed by atoms with Gasteiger partial charge in [0.25, 0.3) is 5.56 Å². The summed E-state index contributed by atoms with van der Waals surface area (Å²) in [5.41, 5.74) is 4.19. The van der Waals surface area contributed by atoms with Crippen LogP contribution in [0.1, 0.15) is 57.4 Å². The maximum Gasteiger partial charge on any atom is 0.290 e. The molecule has 0 atom stereocenters. The van der Waals surface area contributed by atoms with E-state index in [-0.39, 0.29) is 11.0 Å². The van der Waals surface area contributed by atoms with Gasteiger partial charge < -0.3 is 9.72 Å². The number of allylic oxidation sites excluding steroid dienone is 1. The van der Waals surface area contributed by atoms with E-state index in [0.29, 0.717) is 5.75 Å². The van der Waals surface area contributed by atoms with Gasteiger partial charge in [-0.1, -0.05) is 64.5 Å². The van der Waals surface area contributed by atoms with E-state index in [9.17, 15) is 4.79 Å². The van der Waals surface area contributed by atoms with Crippen molar-refractivity contribution in [1.82, 2.24) is 4.98 Å². The normalized spacial score (nSPS) is 12.3. The van der Waals surface area contributed by atoms with Crippen LogP contribution in [0.2, 0.25) is 0 Å². The van der Waals surface area contributed by atoms with E-state index in [4.69, 9.17) is 4.74 Å². The van der Waals surface area contributed by atoms with E-state index in [1.165, 1.54) is 12.7 Å². The van der Waals surface area contributed by atoms with Crippen molar-refractivity contribution in [2.45, 2.75) is 46.0 Å². The third-order valence-electron chi connectivity index (χ3n) is 4.08. The molecule has 2 rings (SSSR count). The van der Waals surface area contributed by atoms with Crippen molar-refractivity contribution >= 4 is 5.57 Å². The summed E-state index contributed by atoms with van der Waals surface area (Å²) in [4.78, 5) is 15.0. The molecule has 0 aliphatic rings. The standard InChI is InChI=1S/C21H27NO2/c1-6-7-8-17(18-13-14-19(24-5)20(23)22-18)15-9-11-16(12-10-15)21(2,3)4/h8-14H,6-7H2,1-5H3,(H,22,23)/b17-8+. The fourth-order valence-corrected chi connectivity index (χ4v) is 2.60. The van der Waals surface area contributed by atoms with Gasteiger partial charge in [0.1, 0.15) is 0 Å². The average Bonchev–Trinajstić information content (AvgIpc) is 2.55. The van der Waals surface area contributed by atoms with Gasteiger partial charge in [-0.05, 0) is 35.1 Å². The summed E-state index contributed by atoms with van der Waals surface area (Å²) in [5.74, 6) is 0.330. The number of benzene rings is 1. The molecule has 0 radical (unpaired) electrons. The van der Waals surface area contributed by atoms with Crippen LogP contribution < -0.4 is 10.3 Å². The van der Waals surface area contributed by atoms with E-state index in [0.717, 1.165) is 29.7 Å². The van der Waals surface area contributed by atoms with E-state index in [2.05, 4.69) is 63.0 Å². The highest BCUT2D eigenvalue weighted by molar-refractivity contribution is 5.78. The molecule has 0 saturated heterocycles. The minimum atomic E-state index is -0.205. The van der Waals surface area contributed by atoms with Gasteiger partial charge in [0.05, 0.1) is 7.11 Å². The molecule has 3 nitrogen and oxygen atoms in total. The lowest BCUT2D eigenvalue weighted by Gasteiger charge is -2.19. The Morgan fingerprint density at radius 1 is 1.12 bits per heavy atom. The molecule has 128 valence electrons. The van der Waals surface area contributed by atoms with Crippen LogP contribution in [0.4, 0.5) is 0 Å². The van der Waals surface area contributed by atoms with E-state index >= 15 is 0 Å². The zero-order chi connectivity index (χ0) is 17.7. The van der Waals surface area contributed by atoms with E-state index < -0.39 is 0 Å².